The third-order valence-electron chi connectivity index (χ3n) is 6.27. The van der Waals surface area contributed by atoms with Gasteiger partial charge in [0.25, 0.3) is 0 Å². The molecule has 0 radical (unpaired) electrons. The molecule has 0 saturated heterocycles. The van der Waals surface area contributed by atoms with E-state index in [2.05, 4.69) is 65.7 Å². The van der Waals surface area contributed by atoms with E-state index in [0.29, 0.717) is 0 Å². The van der Waals surface area contributed by atoms with Crippen LogP contribution in [-0.4, -0.2) is 25.2 Å². The predicted octanol–water partition coefficient (Wildman–Crippen LogP) is 4.99. The normalized spacial score (nSPS) is 16.8. The molecule has 1 saturated carbocycles. The van der Waals surface area contributed by atoms with Crippen molar-refractivity contribution >= 4 is 17.8 Å². The van der Waals surface area contributed by atoms with Crippen LogP contribution >= 0.6 is 0 Å². The zero-order chi connectivity index (χ0) is 21.7. The SMILES string of the molecule is CCN(CC)c1ccc(C=NNC(=O)[C@H]2CC2(c2ccccc2)c2ccccc2)cc1. The van der Waals surface area contributed by atoms with Crippen molar-refractivity contribution in [2.24, 2.45) is 11.0 Å². The van der Waals surface area contributed by atoms with Crippen molar-refractivity contribution in [2.75, 3.05) is 18.0 Å². The molecule has 4 nitrogen and oxygen atoms in total. The highest BCUT2D eigenvalue weighted by Gasteiger charge is 2.60. The number of carbonyl (C=O) groups excluding carboxylic acids is 1. The molecule has 1 N–H and O–H groups in total. The van der Waals surface area contributed by atoms with Gasteiger partial charge in [0, 0.05) is 24.2 Å². The molecule has 1 amide bonds. The maximum absolute atomic E-state index is 12.9. The van der Waals surface area contributed by atoms with Crippen LogP contribution in [0.1, 0.15) is 37.0 Å². The summed E-state index contributed by atoms with van der Waals surface area (Å²) in [5.74, 6) is -0.164. The lowest BCUT2D eigenvalue weighted by molar-refractivity contribution is -0.122. The summed E-state index contributed by atoms with van der Waals surface area (Å²) in [5, 5.41) is 4.23. The Bertz CT molecular complexity index is 986. The van der Waals surface area contributed by atoms with Gasteiger partial charge < -0.3 is 4.90 Å². The van der Waals surface area contributed by atoms with Gasteiger partial charge in [0.05, 0.1) is 12.1 Å². The Kier molecular flexibility index (Phi) is 6.17. The number of amides is 1. The van der Waals surface area contributed by atoms with E-state index in [4.69, 9.17) is 0 Å². The molecule has 0 spiro atoms. The second-order valence-electron chi connectivity index (χ2n) is 7.96. The minimum Gasteiger partial charge on any atom is -0.372 e. The zero-order valence-corrected chi connectivity index (χ0v) is 18.2. The van der Waals surface area contributed by atoms with Crippen LogP contribution in [-0.2, 0) is 10.2 Å². The van der Waals surface area contributed by atoms with E-state index in [1.54, 1.807) is 6.21 Å². The highest BCUT2D eigenvalue weighted by atomic mass is 16.2. The molecule has 1 atom stereocenters. The Morgan fingerprint density at radius 1 is 0.935 bits per heavy atom. The van der Waals surface area contributed by atoms with Gasteiger partial charge in [-0.2, -0.15) is 5.10 Å². The number of benzene rings is 3. The van der Waals surface area contributed by atoms with E-state index in [0.717, 1.165) is 25.1 Å². The fourth-order valence-electron chi connectivity index (χ4n) is 4.46. The van der Waals surface area contributed by atoms with E-state index < -0.39 is 0 Å². The van der Waals surface area contributed by atoms with Crippen LogP contribution < -0.4 is 10.3 Å². The number of anilines is 1. The molecule has 3 aromatic rings. The molecular weight excluding hydrogens is 382 g/mol. The average molecular weight is 412 g/mol. The third kappa shape index (κ3) is 4.24. The summed E-state index contributed by atoms with van der Waals surface area (Å²) in [6, 6.07) is 28.8. The first-order chi connectivity index (χ1) is 15.2. The second kappa shape index (κ2) is 9.17. The van der Waals surface area contributed by atoms with E-state index in [-0.39, 0.29) is 17.2 Å². The lowest BCUT2D eigenvalue weighted by Gasteiger charge is -2.20. The van der Waals surface area contributed by atoms with Gasteiger partial charge in [0.1, 0.15) is 0 Å². The molecule has 0 aromatic heterocycles. The standard InChI is InChI=1S/C27H29N3O/c1-3-30(4-2)24-17-15-21(16-18-24)20-28-29-26(31)25-19-27(25,22-11-7-5-8-12-22)23-13-9-6-10-14-23/h5-18,20,25H,3-4,19H2,1-2H3,(H,29,31)/t25-/m1/s1. The first-order valence-corrected chi connectivity index (χ1v) is 11.0. The Morgan fingerprint density at radius 2 is 1.48 bits per heavy atom. The van der Waals surface area contributed by atoms with Crippen molar-refractivity contribution in [3.8, 4) is 0 Å². The molecule has 4 rings (SSSR count). The van der Waals surface area contributed by atoms with Crippen molar-refractivity contribution in [1.29, 1.82) is 0 Å². The lowest BCUT2D eigenvalue weighted by atomic mass is 9.85. The number of hydrogen-bond acceptors (Lipinski definition) is 3. The van der Waals surface area contributed by atoms with Gasteiger partial charge in [-0.05, 0) is 49.1 Å². The minimum atomic E-state index is -0.270. The third-order valence-corrected chi connectivity index (χ3v) is 6.27. The number of hydrazone groups is 1. The van der Waals surface area contributed by atoms with Crippen molar-refractivity contribution in [1.82, 2.24) is 5.43 Å². The average Bonchev–Trinajstić information content (AvgIpc) is 3.59. The Labute approximate surface area is 184 Å². The summed E-state index contributed by atoms with van der Waals surface area (Å²) in [6.45, 7) is 6.26. The number of rotatable bonds is 8. The molecule has 0 bridgehead atoms. The van der Waals surface area contributed by atoms with Crippen LogP contribution in [0.4, 0.5) is 5.69 Å². The van der Waals surface area contributed by atoms with Crippen LogP contribution in [0.2, 0.25) is 0 Å². The van der Waals surface area contributed by atoms with Crippen molar-refractivity contribution < 1.29 is 4.79 Å². The molecule has 3 aromatic carbocycles. The van der Waals surface area contributed by atoms with E-state index in [1.807, 2.05) is 48.5 Å². The van der Waals surface area contributed by atoms with E-state index in [9.17, 15) is 4.79 Å². The van der Waals surface area contributed by atoms with Crippen molar-refractivity contribution in [3.05, 3.63) is 102 Å². The van der Waals surface area contributed by atoms with Crippen molar-refractivity contribution in [2.45, 2.75) is 25.7 Å². The van der Waals surface area contributed by atoms with Crippen LogP contribution in [0, 0.1) is 5.92 Å². The van der Waals surface area contributed by atoms with Gasteiger partial charge >= 0.3 is 0 Å². The maximum atomic E-state index is 12.9. The smallest absolute Gasteiger partial charge is 0.244 e. The van der Waals surface area contributed by atoms with E-state index >= 15 is 0 Å². The van der Waals surface area contributed by atoms with Gasteiger partial charge in [-0.3, -0.25) is 4.79 Å². The molecule has 0 aliphatic heterocycles. The maximum Gasteiger partial charge on any atom is 0.244 e. The fourth-order valence-corrected chi connectivity index (χ4v) is 4.46. The largest absolute Gasteiger partial charge is 0.372 e. The quantitative estimate of drug-likeness (QED) is 0.419. The minimum absolute atomic E-state index is 0.0382. The molecule has 0 heterocycles. The molecular formula is C27H29N3O. The van der Waals surface area contributed by atoms with Crippen LogP contribution in [0.15, 0.2) is 90.0 Å². The van der Waals surface area contributed by atoms with Gasteiger partial charge in [0.15, 0.2) is 0 Å². The van der Waals surface area contributed by atoms with Crippen LogP contribution in [0.5, 0.6) is 0 Å². The first kappa shape index (κ1) is 20.9. The van der Waals surface area contributed by atoms with Crippen molar-refractivity contribution in [3.63, 3.8) is 0 Å². The molecule has 158 valence electrons. The number of nitrogens with zero attached hydrogens (tertiary/aromatic N) is 2. The number of hydrogen-bond donors (Lipinski definition) is 1. The number of nitrogens with one attached hydrogen (secondary N) is 1. The summed E-state index contributed by atoms with van der Waals surface area (Å²) in [6.07, 6.45) is 2.50. The Morgan fingerprint density at radius 3 is 2.00 bits per heavy atom. The highest BCUT2D eigenvalue weighted by Crippen LogP contribution is 2.58. The zero-order valence-electron chi connectivity index (χ0n) is 18.2. The molecule has 0 unspecified atom stereocenters. The molecule has 1 aliphatic rings. The van der Waals surface area contributed by atoms with Gasteiger partial charge in [-0.25, -0.2) is 5.43 Å². The number of carbonyl (C=O) groups is 1. The molecule has 4 heteroatoms. The lowest BCUT2D eigenvalue weighted by Crippen LogP contribution is -2.25. The topological polar surface area (TPSA) is 44.7 Å². The summed E-state index contributed by atoms with van der Waals surface area (Å²) < 4.78 is 0. The summed E-state index contributed by atoms with van der Waals surface area (Å²) in [5.41, 5.74) is 7.01. The molecule has 1 fully saturated rings. The van der Waals surface area contributed by atoms with Gasteiger partial charge in [-0.15, -0.1) is 0 Å². The molecule has 1 aliphatic carbocycles. The first-order valence-electron chi connectivity index (χ1n) is 11.0. The Balaban J connectivity index is 1.45. The van der Waals surface area contributed by atoms with Gasteiger partial charge in [0.2, 0.25) is 5.91 Å². The van der Waals surface area contributed by atoms with Crippen LogP contribution in [0.25, 0.3) is 0 Å². The Hall–Kier alpha value is -3.40. The summed E-state index contributed by atoms with van der Waals surface area (Å²) in [7, 11) is 0. The second-order valence-corrected chi connectivity index (χ2v) is 7.96. The molecule has 31 heavy (non-hydrogen) atoms. The summed E-state index contributed by atoms with van der Waals surface area (Å²) in [4.78, 5) is 15.2. The highest BCUT2D eigenvalue weighted by molar-refractivity contribution is 5.87. The predicted molar refractivity (Wildman–Crippen MR) is 128 cm³/mol. The fraction of sp³-hybridized carbons (Fsp3) is 0.259. The monoisotopic (exact) mass is 411 g/mol. The summed E-state index contributed by atoms with van der Waals surface area (Å²) >= 11 is 0. The van der Waals surface area contributed by atoms with Gasteiger partial charge in [-0.1, -0.05) is 72.8 Å². The van der Waals surface area contributed by atoms with Crippen LogP contribution in [0.3, 0.4) is 0 Å². The van der Waals surface area contributed by atoms with E-state index in [1.165, 1.54) is 16.8 Å².